The lowest BCUT2D eigenvalue weighted by Gasteiger charge is -2.31. The molecule has 0 aromatic carbocycles. The van der Waals surface area contributed by atoms with Crippen LogP contribution in [0.2, 0.25) is 0 Å². The predicted octanol–water partition coefficient (Wildman–Crippen LogP) is 5.76. The smallest absolute Gasteiger partial charge is 0.0199 e. The quantitative estimate of drug-likeness (QED) is 0.550. The molecule has 0 heterocycles. The van der Waals surface area contributed by atoms with Crippen molar-refractivity contribution in [3.63, 3.8) is 0 Å². The van der Waals surface area contributed by atoms with Crippen molar-refractivity contribution in [1.82, 2.24) is 0 Å². The highest BCUT2D eigenvalue weighted by molar-refractivity contribution is 5.45. The molecule has 0 atom stereocenters. The topological polar surface area (TPSA) is 0 Å². The van der Waals surface area contributed by atoms with E-state index in [1.54, 1.807) is 0 Å². The first-order valence-electron chi connectivity index (χ1n) is 7.16. The van der Waals surface area contributed by atoms with Gasteiger partial charge in [-0.1, -0.05) is 76.3 Å². The zero-order valence-electron chi connectivity index (χ0n) is 11.9. The molecule has 0 aromatic rings. The van der Waals surface area contributed by atoms with Crippen LogP contribution in [-0.2, 0) is 0 Å². The Morgan fingerprint density at radius 1 is 1.22 bits per heavy atom. The number of hydrogen-bond acceptors (Lipinski definition) is 0. The minimum atomic E-state index is 0.239. The second-order valence-electron chi connectivity index (χ2n) is 4.65. The van der Waals surface area contributed by atoms with E-state index in [9.17, 15) is 0 Å². The highest BCUT2D eigenvalue weighted by Crippen LogP contribution is 2.51. The second-order valence-corrected chi connectivity index (χ2v) is 4.65. The van der Waals surface area contributed by atoms with Gasteiger partial charge < -0.3 is 0 Å². The Bertz CT molecular complexity index is 371. The Hall–Kier alpha value is -1.30. The van der Waals surface area contributed by atoms with Crippen LogP contribution in [0.3, 0.4) is 0 Å². The van der Waals surface area contributed by atoms with Crippen LogP contribution >= 0.6 is 0 Å². The molecule has 2 rings (SSSR count). The highest BCUT2D eigenvalue weighted by Gasteiger charge is 2.38. The van der Waals surface area contributed by atoms with Gasteiger partial charge in [-0.3, -0.25) is 0 Å². The molecule has 0 radical (unpaired) electrons. The van der Waals surface area contributed by atoms with Crippen molar-refractivity contribution < 1.29 is 0 Å². The average molecular weight is 242 g/mol. The maximum atomic E-state index is 3.97. The molecular formula is C18H26. The first-order chi connectivity index (χ1) is 8.83. The molecule has 0 saturated heterocycles. The molecule has 0 unspecified atom stereocenters. The van der Waals surface area contributed by atoms with Crippen molar-refractivity contribution in [2.45, 2.75) is 46.0 Å². The third kappa shape index (κ3) is 2.75. The van der Waals surface area contributed by atoms with Crippen molar-refractivity contribution in [3.05, 3.63) is 60.8 Å². The molecule has 2 aliphatic carbocycles. The fourth-order valence-corrected chi connectivity index (χ4v) is 3.09. The van der Waals surface area contributed by atoms with Crippen molar-refractivity contribution in [2.75, 3.05) is 0 Å². The van der Waals surface area contributed by atoms with E-state index in [-0.39, 0.29) is 5.41 Å². The van der Waals surface area contributed by atoms with Gasteiger partial charge in [0.15, 0.2) is 0 Å². The van der Waals surface area contributed by atoms with Crippen molar-refractivity contribution in [1.29, 1.82) is 0 Å². The molecule has 0 amide bonds. The summed E-state index contributed by atoms with van der Waals surface area (Å²) in [4.78, 5) is 0. The Kier molecular flexibility index (Phi) is 5.91. The molecule has 0 nitrogen and oxygen atoms in total. The Morgan fingerprint density at radius 3 is 2.33 bits per heavy atom. The van der Waals surface area contributed by atoms with Crippen LogP contribution in [-0.4, -0.2) is 0 Å². The Morgan fingerprint density at radius 2 is 1.89 bits per heavy atom. The zero-order chi connectivity index (χ0) is 13.4. The van der Waals surface area contributed by atoms with Crippen LogP contribution < -0.4 is 0 Å². The minimum Gasteiger partial charge on any atom is -0.0991 e. The fourth-order valence-electron chi connectivity index (χ4n) is 3.09. The van der Waals surface area contributed by atoms with Gasteiger partial charge in [-0.05, 0) is 30.4 Å². The molecule has 0 heteroatoms. The third-order valence-corrected chi connectivity index (χ3v) is 3.85. The van der Waals surface area contributed by atoms with Crippen LogP contribution in [0.1, 0.15) is 46.0 Å². The van der Waals surface area contributed by atoms with E-state index in [2.05, 4.69) is 37.5 Å². The summed E-state index contributed by atoms with van der Waals surface area (Å²) in [6.07, 6.45) is 19.2. The van der Waals surface area contributed by atoms with Crippen molar-refractivity contribution >= 4 is 0 Å². The highest BCUT2D eigenvalue weighted by atomic mass is 14.4. The molecule has 1 saturated carbocycles. The molecule has 1 fully saturated rings. The van der Waals surface area contributed by atoms with Crippen LogP contribution in [0, 0.1) is 5.41 Å². The standard InChI is InChI=1S/C16H20.C2H6/c1-3-9-14(4-2)16(12-7-8-13-16)15-10-5-6-11-15;1-2/h3-5,9-11H,1-2,6-8,12-13H2;1-2H3/b14-9+;. The average Bonchev–Trinajstić information content (AvgIpc) is 3.09. The van der Waals surface area contributed by atoms with E-state index in [0.717, 1.165) is 6.42 Å². The van der Waals surface area contributed by atoms with Gasteiger partial charge in [0.1, 0.15) is 0 Å². The minimum absolute atomic E-state index is 0.239. The van der Waals surface area contributed by atoms with E-state index < -0.39 is 0 Å². The summed E-state index contributed by atoms with van der Waals surface area (Å²) in [5.41, 5.74) is 3.08. The van der Waals surface area contributed by atoms with Gasteiger partial charge in [-0.2, -0.15) is 0 Å². The van der Waals surface area contributed by atoms with Gasteiger partial charge in [0.05, 0.1) is 0 Å². The normalized spacial score (nSPS) is 21.0. The Balaban J connectivity index is 0.000000771. The lowest BCUT2D eigenvalue weighted by molar-refractivity contribution is 0.468. The van der Waals surface area contributed by atoms with Gasteiger partial charge >= 0.3 is 0 Å². The van der Waals surface area contributed by atoms with Crippen LogP contribution in [0.5, 0.6) is 0 Å². The van der Waals surface area contributed by atoms with Crippen molar-refractivity contribution in [3.8, 4) is 0 Å². The largest absolute Gasteiger partial charge is 0.0991 e. The number of hydrogen-bond donors (Lipinski definition) is 0. The van der Waals surface area contributed by atoms with Gasteiger partial charge in [0.25, 0.3) is 0 Å². The predicted molar refractivity (Wildman–Crippen MR) is 82.6 cm³/mol. The SMILES string of the molecule is C=C/C=C(\C=C)C1(C2=CCC=C2)CCCC1.CC. The molecule has 0 N–H and O–H groups in total. The van der Waals surface area contributed by atoms with Crippen LogP contribution in [0.25, 0.3) is 0 Å². The van der Waals surface area contributed by atoms with Gasteiger partial charge in [0, 0.05) is 5.41 Å². The summed E-state index contributed by atoms with van der Waals surface area (Å²) in [6, 6.07) is 0. The molecule has 0 aromatic heterocycles. The van der Waals surface area contributed by atoms with Crippen LogP contribution in [0.4, 0.5) is 0 Å². The monoisotopic (exact) mass is 242 g/mol. The molecule has 2 aliphatic rings. The molecule has 18 heavy (non-hydrogen) atoms. The molecule has 0 bridgehead atoms. The van der Waals surface area contributed by atoms with E-state index in [1.807, 2.05) is 26.0 Å². The van der Waals surface area contributed by atoms with Crippen LogP contribution in [0.15, 0.2) is 60.8 Å². The summed E-state index contributed by atoms with van der Waals surface area (Å²) in [6.45, 7) is 11.8. The third-order valence-electron chi connectivity index (χ3n) is 3.85. The number of rotatable bonds is 4. The lowest BCUT2D eigenvalue weighted by atomic mass is 9.72. The van der Waals surface area contributed by atoms with E-state index in [4.69, 9.17) is 0 Å². The van der Waals surface area contributed by atoms with Crippen molar-refractivity contribution in [2.24, 2.45) is 5.41 Å². The zero-order valence-corrected chi connectivity index (χ0v) is 11.9. The van der Waals surface area contributed by atoms with Gasteiger partial charge in [-0.15, -0.1) is 0 Å². The Labute approximate surface area is 112 Å². The van der Waals surface area contributed by atoms with Gasteiger partial charge in [0.2, 0.25) is 0 Å². The summed E-state index contributed by atoms with van der Waals surface area (Å²) >= 11 is 0. The summed E-state index contributed by atoms with van der Waals surface area (Å²) in [5, 5.41) is 0. The molecule has 0 spiro atoms. The maximum Gasteiger partial charge on any atom is 0.0199 e. The summed E-state index contributed by atoms with van der Waals surface area (Å²) in [7, 11) is 0. The number of allylic oxidation sites excluding steroid dienone is 8. The first kappa shape index (κ1) is 14.8. The van der Waals surface area contributed by atoms with E-state index in [0.29, 0.717) is 0 Å². The van der Waals surface area contributed by atoms with E-state index in [1.165, 1.54) is 36.8 Å². The first-order valence-corrected chi connectivity index (χ1v) is 7.16. The lowest BCUT2D eigenvalue weighted by Crippen LogP contribution is -2.20. The molecular weight excluding hydrogens is 216 g/mol. The maximum absolute atomic E-state index is 3.97. The summed E-state index contributed by atoms with van der Waals surface area (Å²) < 4.78 is 0. The molecule has 98 valence electrons. The van der Waals surface area contributed by atoms with E-state index >= 15 is 0 Å². The van der Waals surface area contributed by atoms with Gasteiger partial charge in [-0.25, -0.2) is 0 Å². The fraction of sp³-hybridized carbons (Fsp3) is 0.444. The second kappa shape index (κ2) is 7.20. The molecule has 0 aliphatic heterocycles. The summed E-state index contributed by atoms with van der Waals surface area (Å²) in [5.74, 6) is 0.